The van der Waals surface area contributed by atoms with E-state index in [1.807, 2.05) is 0 Å². The molecular formula is C23H10Br2Cl2N2O6. The number of cyclic esters (lactones) is 1. The highest BCUT2D eigenvalue weighted by molar-refractivity contribution is 9.11. The average molecular weight is 641 g/mol. The molecule has 12 heteroatoms. The summed E-state index contributed by atoms with van der Waals surface area (Å²) in [4.78, 5) is 39.4. The number of carbonyl (C=O) groups excluding carboxylic acids is 2. The molecule has 1 aliphatic rings. The van der Waals surface area contributed by atoms with Crippen LogP contribution in [0.4, 0.5) is 5.69 Å². The Morgan fingerprint density at radius 1 is 1.06 bits per heavy atom. The lowest BCUT2D eigenvalue weighted by molar-refractivity contribution is -0.384. The Bertz CT molecular complexity index is 1430. The monoisotopic (exact) mass is 638 g/mol. The molecule has 0 aliphatic carbocycles. The summed E-state index contributed by atoms with van der Waals surface area (Å²) >= 11 is 18.7. The number of halogens is 4. The molecule has 0 N–H and O–H groups in total. The van der Waals surface area contributed by atoms with E-state index in [-0.39, 0.29) is 33.6 Å². The van der Waals surface area contributed by atoms with E-state index in [0.29, 0.717) is 25.1 Å². The molecule has 0 fully saturated rings. The van der Waals surface area contributed by atoms with Crippen LogP contribution in [-0.4, -0.2) is 22.8 Å². The normalized spacial score (nSPS) is 14.0. The van der Waals surface area contributed by atoms with Crippen molar-refractivity contribution in [3.05, 3.63) is 106 Å². The fraction of sp³-hybridized carbons (Fsp3) is 0. The maximum Gasteiger partial charge on any atom is 0.363 e. The molecule has 4 rings (SSSR count). The van der Waals surface area contributed by atoms with Gasteiger partial charge in [0.2, 0.25) is 5.90 Å². The van der Waals surface area contributed by atoms with Crippen LogP contribution in [0.2, 0.25) is 10.0 Å². The van der Waals surface area contributed by atoms with Gasteiger partial charge in [-0.25, -0.2) is 14.6 Å². The maximum absolute atomic E-state index is 12.5. The molecule has 3 aromatic carbocycles. The minimum Gasteiger partial charge on any atom is -0.421 e. The van der Waals surface area contributed by atoms with Crippen LogP contribution in [0.1, 0.15) is 21.5 Å². The minimum absolute atomic E-state index is 0.0488. The molecule has 0 unspecified atom stereocenters. The van der Waals surface area contributed by atoms with Gasteiger partial charge in [-0.05, 0) is 86.0 Å². The lowest BCUT2D eigenvalue weighted by Crippen LogP contribution is -2.09. The lowest BCUT2D eigenvalue weighted by Gasteiger charge is -2.10. The van der Waals surface area contributed by atoms with Gasteiger partial charge in [0, 0.05) is 17.2 Å². The van der Waals surface area contributed by atoms with Gasteiger partial charge in [0.15, 0.2) is 11.4 Å². The van der Waals surface area contributed by atoms with Crippen LogP contribution in [-0.2, 0) is 9.53 Å². The van der Waals surface area contributed by atoms with Crippen LogP contribution >= 0.6 is 55.1 Å². The van der Waals surface area contributed by atoms with E-state index in [4.69, 9.17) is 32.7 Å². The number of non-ortho nitro benzene ring substituents is 1. The summed E-state index contributed by atoms with van der Waals surface area (Å²) < 4.78 is 11.5. The maximum atomic E-state index is 12.5. The molecule has 0 spiro atoms. The van der Waals surface area contributed by atoms with E-state index in [1.165, 1.54) is 24.3 Å². The van der Waals surface area contributed by atoms with Crippen molar-refractivity contribution in [2.45, 2.75) is 0 Å². The van der Waals surface area contributed by atoms with Crippen LogP contribution in [0.25, 0.3) is 6.08 Å². The first kappa shape index (κ1) is 25.1. The molecule has 0 saturated heterocycles. The van der Waals surface area contributed by atoms with Gasteiger partial charge in [-0.2, -0.15) is 0 Å². The third-order valence-electron chi connectivity index (χ3n) is 4.61. The number of ether oxygens (including phenoxy) is 2. The zero-order chi connectivity index (χ0) is 25.3. The standard InChI is InChI=1S/C23H10Br2Cl2N2O6/c24-16-7-11(8-17(25)20(16)34-22(30)12-1-3-13(26)4-2-12)9-19-23(31)35-21(28-19)15-10-14(29(32)33)5-6-18(15)27/h1-10H/b19-9-. The van der Waals surface area contributed by atoms with Crippen molar-refractivity contribution in [2.24, 2.45) is 4.99 Å². The van der Waals surface area contributed by atoms with E-state index >= 15 is 0 Å². The third-order valence-corrected chi connectivity index (χ3v) is 6.37. The van der Waals surface area contributed by atoms with Crippen molar-refractivity contribution in [3.8, 4) is 5.75 Å². The van der Waals surface area contributed by atoms with Gasteiger partial charge in [0.1, 0.15) is 0 Å². The number of aliphatic imine (C=N–C) groups is 1. The van der Waals surface area contributed by atoms with Crippen molar-refractivity contribution in [1.82, 2.24) is 0 Å². The van der Waals surface area contributed by atoms with Crippen molar-refractivity contribution >= 4 is 84.7 Å². The highest BCUT2D eigenvalue weighted by atomic mass is 79.9. The van der Waals surface area contributed by atoms with Crippen LogP contribution in [0.15, 0.2) is 74.2 Å². The molecule has 3 aromatic rings. The second-order valence-electron chi connectivity index (χ2n) is 6.97. The highest BCUT2D eigenvalue weighted by Crippen LogP contribution is 2.36. The Morgan fingerprint density at radius 2 is 1.71 bits per heavy atom. The number of nitrogens with zero attached hydrogens (tertiary/aromatic N) is 2. The van der Waals surface area contributed by atoms with Crippen molar-refractivity contribution in [1.29, 1.82) is 0 Å². The molecule has 0 aromatic heterocycles. The number of rotatable bonds is 5. The zero-order valence-corrected chi connectivity index (χ0v) is 21.8. The summed E-state index contributed by atoms with van der Waals surface area (Å²) in [5.41, 5.74) is 0.681. The van der Waals surface area contributed by atoms with E-state index in [0.717, 1.165) is 0 Å². The molecule has 1 heterocycles. The Labute approximate surface area is 224 Å². The van der Waals surface area contributed by atoms with Crippen LogP contribution in [0.5, 0.6) is 5.75 Å². The summed E-state index contributed by atoms with van der Waals surface area (Å²) in [7, 11) is 0. The van der Waals surface area contributed by atoms with Gasteiger partial charge >= 0.3 is 11.9 Å². The zero-order valence-electron chi connectivity index (χ0n) is 17.1. The first-order chi connectivity index (χ1) is 16.6. The number of nitro benzene ring substituents is 1. The van der Waals surface area contributed by atoms with Gasteiger partial charge in [0.25, 0.3) is 5.69 Å². The summed E-state index contributed by atoms with van der Waals surface area (Å²) in [6, 6.07) is 13.2. The fourth-order valence-corrected chi connectivity index (χ4v) is 4.68. The summed E-state index contributed by atoms with van der Waals surface area (Å²) in [6.07, 6.45) is 1.45. The number of carbonyl (C=O) groups is 2. The molecule has 176 valence electrons. The quantitative estimate of drug-likeness (QED) is 0.0978. The lowest BCUT2D eigenvalue weighted by atomic mass is 10.2. The first-order valence-electron chi connectivity index (χ1n) is 9.56. The van der Waals surface area contributed by atoms with Gasteiger partial charge in [-0.15, -0.1) is 0 Å². The number of benzene rings is 3. The summed E-state index contributed by atoms with van der Waals surface area (Å²) in [5.74, 6) is -1.26. The van der Waals surface area contributed by atoms with Gasteiger partial charge in [0.05, 0.1) is 30.0 Å². The first-order valence-corrected chi connectivity index (χ1v) is 11.9. The number of hydrogen-bond donors (Lipinski definition) is 0. The second kappa shape index (κ2) is 10.3. The van der Waals surface area contributed by atoms with E-state index in [2.05, 4.69) is 36.9 Å². The molecule has 1 aliphatic heterocycles. The predicted molar refractivity (Wildman–Crippen MR) is 137 cm³/mol. The molecule has 0 atom stereocenters. The van der Waals surface area contributed by atoms with E-state index in [1.54, 1.807) is 36.4 Å². The molecule has 8 nitrogen and oxygen atoms in total. The van der Waals surface area contributed by atoms with Crippen molar-refractivity contribution < 1.29 is 24.0 Å². The van der Waals surface area contributed by atoms with E-state index in [9.17, 15) is 19.7 Å². The molecule has 0 radical (unpaired) electrons. The van der Waals surface area contributed by atoms with Gasteiger partial charge in [-0.1, -0.05) is 23.2 Å². The highest BCUT2D eigenvalue weighted by Gasteiger charge is 2.27. The Hall–Kier alpha value is -3.05. The topological polar surface area (TPSA) is 108 Å². The number of nitro groups is 1. The molecule has 0 saturated carbocycles. The predicted octanol–water partition coefficient (Wildman–Crippen LogP) is 6.99. The van der Waals surface area contributed by atoms with Crippen molar-refractivity contribution in [3.63, 3.8) is 0 Å². The summed E-state index contributed by atoms with van der Waals surface area (Å²) in [6.45, 7) is 0. The van der Waals surface area contributed by atoms with Crippen LogP contribution < -0.4 is 4.74 Å². The van der Waals surface area contributed by atoms with Crippen LogP contribution in [0.3, 0.4) is 0 Å². The summed E-state index contributed by atoms with van der Waals surface area (Å²) in [5, 5.41) is 11.7. The third kappa shape index (κ3) is 5.62. The molecule has 35 heavy (non-hydrogen) atoms. The largest absolute Gasteiger partial charge is 0.421 e. The van der Waals surface area contributed by atoms with Crippen molar-refractivity contribution in [2.75, 3.05) is 0 Å². The fourth-order valence-electron chi connectivity index (χ4n) is 2.97. The Balaban J connectivity index is 1.61. The van der Waals surface area contributed by atoms with Crippen LogP contribution in [0, 0.1) is 10.1 Å². The number of hydrogen-bond acceptors (Lipinski definition) is 7. The number of esters is 2. The molecular weight excluding hydrogens is 631 g/mol. The van der Waals surface area contributed by atoms with Gasteiger partial charge in [-0.3, -0.25) is 10.1 Å². The molecule has 0 amide bonds. The minimum atomic E-state index is -0.756. The smallest absolute Gasteiger partial charge is 0.363 e. The second-order valence-corrected chi connectivity index (χ2v) is 9.52. The Morgan fingerprint density at radius 3 is 2.34 bits per heavy atom. The Kier molecular flexibility index (Phi) is 7.36. The molecule has 0 bridgehead atoms. The van der Waals surface area contributed by atoms with Gasteiger partial charge < -0.3 is 9.47 Å². The SMILES string of the molecule is O=C1OC(c2cc([N+](=O)[O-])ccc2Cl)=N/C1=C\c1cc(Br)c(OC(=O)c2ccc(Cl)cc2)c(Br)c1. The van der Waals surface area contributed by atoms with E-state index < -0.39 is 16.9 Å². The average Bonchev–Trinajstić information content (AvgIpc) is 3.16.